The average molecular weight is 493 g/mol. The molecule has 6 nitrogen and oxygen atoms in total. The van der Waals surface area contributed by atoms with Crippen molar-refractivity contribution in [2.75, 3.05) is 11.9 Å². The van der Waals surface area contributed by atoms with Gasteiger partial charge in [0.25, 0.3) is 11.8 Å². The zero-order chi connectivity index (χ0) is 20.0. The normalized spacial score (nSPS) is 10.8. The number of aryl methyl sites for hydroxylation is 1. The Morgan fingerprint density at radius 3 is 2.67 bits per heavy atom. The second-order valence-corrected chi connectivity index (χ2v) is 7.32. The summed E-state index contributed by atoms with van der Waals surface area (Å²) in [5, 5.41) is 12.1. The van der Waals surface area contributed by atoms with Crippen LogP contribution in [0.1, 0.15) is 11.1 Å². The van der Waals surface area contributed by atoms with Gasteiger partial charge in [-0.05, 0) is 58.8 Å². The van der Waals surface area contributed by atoms with Crippen molar-refractivity contribution in [1.82, 2.24) is 0 Å². The Morgan fingerprint density at radius 2 is 2.04 bits per heavy atom. The highest BCUT2D eigenvalue weighted by Crippen LogP contribution is 2.34. The number of carbonyl (C=O) groups excluding carboxylic acids is 2. The van der Waals surface area contributed by atoms with E-state index >= 15 is 0 Å². The smallest absolute Gasteiger partial charge is 0.266 e. The van der Waals surface area contributed by atoms with Crippen molar-refractivity contribution >= 4 is 55.4 Å². The van der Waals surface area contributed by atoms with E-state index < -0.39 is 11.8 Å². The number of nitriles is 1. The van der Waals surface area contributed by atoms with Crippen molar-refractivity contribution in [2.24, 2.45) is 5.73 Å². The number of nitrogens with zero attached hydrogens (tertiary/aromatic N) is 1. The molecule has 138 valence electrons. The summed E-state index contributed by atoms with van der Waals surface area (Å²) in [7, 11) is 0. The van der Waals surface area contributed by atoms with Crippen LogP contribution in [-0.4, -0.2) is 18.4 Å². The standard InChI is InChI=1S/C19H15Br2N3O3/c1-11-3-2-4-15(5-11)24-19(26)13(9-22)6-12-7-14(20)8-16(21)18(12)27-10-17(23)25/h2-8H,10H2,1H3,(H2,23,25)(H,24,26)/b13-6+. The monoisotopic (exact) mass is 491 g/mol. The fraction of sp³-hybridized carbons (Fsp3) is 0.105. The van der Waals surface area contributed by atoms with Crippen LogP contribution in [0.25, 0.3) is 6.08 Å². The Morgan fingerprint density at radius 1 is 1.30 bits per heavy atom. The Labute approximate surface area is 173 Å². The second kappa shape index (κ2) is 9.35. The van der Waals surface area contributed by atoms with E-state index in [1.54, 1.807) is 24.3 Å². The topological polar surface area (TPSA) is 105 Å². The molecule has 2 aromatic rings. The van der Waals surface area contributed by atoms with E-state index in [9.17, 15) is 14.9 Å². The van der Waals surface area contributed by atoms with Gasteiger partial charge in [0.2, 0.25) is 0 Å². The Balaban J connectivity index is 2.37. The quantitative estimate of drug-likeness (QED) is 0.470. The van der Waals surface area contributed by atoms with Crippen molar-refractivity contribution in [2.45, 2.75) is 6.92 Å². The van der Waals surface area contributed by atoms with Gasteiger partial charge in [0.1, 0.15) is 17.4 Å². The Kier molecular flexibility index (Phi) is 7.16. The van der Waals surface area contributed by atoms with E-state index in [1.807, 2.05) is 25.1 Å². The number of primary amides is 1. The maximum absolute atomic E-state index is 12.5. The maximum Gasteiger partial charge on any atom is 0.266 e. The highest BCUT2D eigenvalue weighted by Gasteiger charge is 2.15. The molecule has 0 aliphatic heterocycles. The summed E-state index contributed by atoms with van der Waals surface area (Å²) < 4.78 is 6.66. The maximum atomic E-state index is 12.5. The number of halogens is 2. The number of nitrogens with two attached hydrogens (primary N) is 1. The molecular weight excluding hydrogens is 478 g/mol. The Bertz CT molecular complexity index is 965. The van der Waals surface area contributed by atoms with Crippen LogP contribution in [0.2, 0.25) is 0 Å². The summed E-state index contributed by atoms with van der Waals surface area (Å²) in [6.07, 6.45) is 1.39. The summed E-state index contributed by atoms with van der Waals surface area (Å²) in [5.41, 5.74) is 7.01. The third kappa shape index (κ3) is 5.94. The zero-order valence-electron chi connectivity index (χ0n) is 14.3. The lowest BCUT2D eigenvalue weighted by molar-refractivity contribution is -0.120. The van der Waals surface area contributed by atoms with Crippen LogP contribution in [0.3, 0.4) is 0 Å². The number of nitrogens with one attached hydrogen (secondary N) is 1. The molecule has 0 aliphatic rings. The van der Waals surface area contributed by atoms with Crippen LogP contribution in [0, 0.1) is 18.3 Å². The lowest BCUT2D eigenvalue weighted by Crippen LogP contribution is -2.20. The number of benzene rings is 2. The lowest BCUT2D eigenvalue weighted by Gasteiger charge is -2.11. The van der Waals surface area contributed by atoms with E-state index in [4.69, 9.17) is 10.5 Å². The molecule has 27 heavy (non-hydrogen) atoms. The molecule has 2 amide bonds. The third-order valence-corrected chi connectivity index (χ3v) is 4.38. The molecule has 0 aromatic heterocycles. The Hall–Kier alpha value is -2.63. The molecule has 0 bridgehead atoms. The number of hydrogen-bond donors (Lipinski definition) is 2. The van der Waals surface area contributed by atoms with Gasteiger partial charge in [-0.3, -0.25) is 9.59 Å². The van der Waals surface area contributed by atoms with Crippen molar-refractivity contribution in [3.05, 3.63) is 62.0 Å². The summed E-state index contributed by atoms with van der Waals surface area (Å²) in [4.78, 5) is 23.5. The molecular formula is C19H15Br2N3O3. The first kappa shape index (κ1) is 20.7. The van der Waals surface area contributed by atoms with Gasteiger partial charge >= 0.3 is 0 Å². The molecule has 0 spiro atoms. The molecule has 0 saturated carbocycles. The van der Waals surface area contributed by atoms with Gasteiger partial charge in [-0.25, -0.2) is 0 Å². The number of carbonyl (C=O) groups is 2. The number of anilines is 1. The summed E-state index contributed by atoms with van der Waals surface area (Å²) in [6, 6.07) is 12.5. The lowest BCUT2D eigenvalue weighted by atomic mass is 10.1. The molecule has 0 heterocycles. The molecule has 2 rings (SSSR count). The van der Waals surface area contributed by atoms with E-state index in [0.29, 0.717) is 25.9 Å². The highest BCUT2D eigenvalue weighted by molar-refractivity contribution is 9.11. The summed E-state index contributed by atoms with van der Waals surface area (Å²) in [5.74, 6) is -0.898. The number of rotatable bonds is 6. The van der Waals surface area contributed by atoms with Crippen molar-refractivity contribution in [3.8, 4) is 11.8 Å². The summed E-state index contributed by atoms with van der Waals surface area (Å²) >= 11 is 6.69. The van der Waals surface area contributed by atoms with E-state index in [2.05, 4.69) is 37.2 Å². The van der Waals surface area contributed by atoms with Gasteiger partial charge in [-0.15, -0.1) is 0 Å². The second-order valence-electron chi connectivity index (χ2n) is 5.55. The minimum Gasteiger partial charge on any atom is -0.482 e. The predicted molar refractivity (Wildman–Crippen MR) is 110 cm³/mol. The molecule has 0 unspecified atom stereocenters. The van der Waals surface area contributed by atoms with E-state index in [-0.39, 0.29) is 12.2 Å². The van der Waals surface area contributed by atoms with Crippen LogP contribution in [0.5, 0.6) is 5.75 Å². The van der Waals surface area contributed by atoms with Gasteiger partial charge in [-0.1, -0.05) is 28.1 Å². The molecule has 8 heteroatoms. The highest BCUT2D eigenvalue weighted by atomic mass is 79.9. The zero-order valence-corrected chi connectivity index (χ0v) is 17.4. The first-order valence-electron chi connectivity index (χ1n) is 7.70. The molecule has 0 fully saturated rings. The molecule has 0 radical (unpaired) electrons. The van der Waals surface area contributed by atoms with Crippen molar-refractivity contribution < 1.29 is 14.3 Å². The SMILES string of the molecule is Cc1cccc(NC(=O)/C(C#N)=C/c2cc(Br)cc(Br)c2OCC(N)=O)c1. The van der Waals surface area contributed by atoms with Crippen LogP contribution in [-0.2, 0) is 9.59 Å². The van der Waals surface area contributed by atoms with Gasteiger partial charge < -0.3 is 15.8 Å². The third-order valence-electron chi connectivity index (χ3n) is 3.34. The fourth-order valence-electron chi connectivity index (χ4n) is 2.21. The molecule has 0 atom stereocenters. The number of amides is 2. The van der Waals surface area contributed by atoms with Gasteiger partial charge in [0.05, 0.1) is 4.47 Å². The molecule has 0 saturated heterocycles. The largest absolute Gasteiger partial charge is 0.482 e. The first-order valence-corrected chi connectivity index (χ1v) is 9.28. The van der Waals surface area contributed by atoms with E-state index in [1.165, 1.54) is 6.08 Å². The van der Waals surface area contributed by atoms with Gasteiger partial charge in [-0.2, -0.15) is 5.26 Å². The number of ether oxygens (including phenoxy) is 1. The van der Waals surface area contributed by atoms with Crippen molar-refractivity contribution in [3.63, 3.8) is 0 Å². The molecule has 0 aliphatic carbocycles. The van der Waals surface area contributed by atoms with Crippen LogP contribution >= 0.6 is 31.9 Å². The minimum absolute atomic E-state index is 0.120. The minimum atomic E-state index is -0.641. The van der Waals surface area contributed by atoms with Gasteiger partial charge in [0, 0.05) is 15.7 Å². The van der Waals surface area contributed by atoms with Gasteiger partial charge in [0.15, 0.2) is 6.61 Å². The van der Waals surface area contributed by atoms with Crippen LogP contribution in [0.15, 0.2) is 50.9 Å². The van der Waals surface area contributed by atoms with Crippen molar-refractivity contribution in [1.29, 1.82) is 5.26 Å². The molecule has 3 N–H and O–H groups in total. The van der Waals surface area contributed by atoms with Crippen LogP contribution in [0.4, 0.5) is 5.69 Å². The molecule has 2 aromatic carbocycles. The fourth-order valence-corrected chi connectivity index (χ4v) is 3.58. The summed E-state index contributed by atoms with van der Waals surface area (Å²) in [6.45, 7) is 1.57. The number of hydrogen-bond acceptors (Lipinski definition) is 4. The first-order chi connectivity index (χ1) is 12.8. The predicted octanol–water partition coefficient (Wildman–Crippen LogP) is 3.93. The van der Waals surface area contributed by atoms with E-state index in [0.717, 1.165) is 5.56 Å². The average Bonchev–Trinajstić information content (AvgIpc) is 2.58. The van der Waals surface area contributed by atoms with Crippen LogP contribution < -0.4 is 15.8 Å².